The fraction of sp³-hybridized carbons (Fsp3) is 0.500. The standard InChI is InChI=1S/C14H20N2O5S/c1-20-13-7-11(3-4-12(13)14(17)21-2)22(18,19)16-6-5-10(8-15)9-16/h3-4,7,10H,5-6,8-9,15H2,1-2H3. The van der Waals surface area contributed by atoms with Crippen LogP contribution in [0.2, 0.25) is 0 Å². The molecule has 0 radical (unpaired) electrons. The zero-order valence-electron chi connectivity index (χ0n) is 12.6. The number of ether oxygens (including phenoxy) is 2. The third kappa shape index (κ3) is 3.08. The Bertz CT molecular complexity index is 659. The van der Waals surface area contributed by atoms with Gasteiger partial charge in [-0.1, -0.05) is 0 Å². The minimum Gasteiger partial charge on any atom is -0.496 e. The Morgan fingerprint density at radius 1 is 1.41 bits per heavy atom. The quantitative estimate of drug-likeness (QED) is 0.788. The molecule has 1 aliphatic heterocycles. The Balaban J connectivity index is 2.34. The average molecular weight is 328 g/mol. The predicted octanol–water partition coefficient (Wildman–Crippen LogP) is 0.451. The van der Waals surface area contributed by atoms with Crippen molar-refractivity contribution < 1.29 is 22.7 Å². The van der Waals surface area contributed by atoms with Crippen molar-refractivity contribution in [1.29, 1.82) is 0 Å². The Morgan fingerprint density at radius 2 is 2.14 bits per heavy atom. The predicted molar refractivity (Wildman–Crippen MR) is 80.3 cm³/mol. The minimum atomic E-state index is -3.62. The van der Waals surface area contributed by atoms with Gasteiger partial charge in [0.15, 0.2) is 0 Å². The first-order valence-corrected chi connectivity index (χ1v) is 8.34. The highest BCUT2D eigenvalue weighted by molar-refractivity contribution is 7.89. The summed E-state index contributed by atoms with van der Waals surface area (Å²) in [7, 11) is -0.991. The van der Waals surface area contributed by atoms with E-state index in [1.54, 1.807) is 0 Å². The van der Waals surface area contributed by atoms with E-state index in [4.69, 9.17) is 10.5 Å². The molecule has 0 aliphatic carbocycles. The van der Waals surface area contributed by atoms with Crippen molar-refractivity contribution in [2.75, 3.05) is 33.9 Å². The van der Waals surface area contributed by atoms with Gasteiger partial charge in [-0.25, -0.2) is 13.2 Å². The summed E-state index contributed by atoms with van der Waals surface area (Å²) in [6.45, 7) is 1.34. The van der Waals surface area contributed by atoms with Gasteiger partial charge in [-0.05, 0) is 31.0 Å². The van der Waals surface area contributed by atoms with E-state index < -0.39 is 16.0 Å². The first kappa shape index (κ1) is 16.7. The molecule has 0 aromatic heterocycles. The van der Waals surface area contributed by atoms with Crippen LogP contribution < -0.4 is 10.5 Å². The number of carbonyl (C=O) groups is 1. The lowest BCUT2D eigenvalue weighted by molar-refractivity contribution is 0.0597. The summed E-state index contributed by atoms with van der Waals surface area (Å²) in [4.78, 5) is 11.7. The molecule has 1 aliphatic rings. The lowest BCUT2D eigenvalue weighted by Gasteiger charge is -2.17. The molecule has 1 aromatic carbocycles. The lowest BCUT2D eigenvalue weighted by atomic mass is 10.1. The average Bonchev–Trinajstić information content (AvgIpc) is 3.03. The van der Waals surface area contributed by atoms with Crippen LogP contribution in [0.1, 0.15) is 16.8 Å². The molecule has 1 atom stereocenters. The Morgan fingerprint density at radius 3 is 2.68 bits per heavy atom. The third-order valence-corrected chi connectivity index (χ3v) is 5.66. The number of esters is 1. The molecule has 1 heterocycles. The highest BCUT2D eigenvalue weighted by Gasteiger charge is 2.32. The molecule has 2 rings (SSSR count). The second kappa shape index (κ2) is 6.64. The van der Waals surface area contributed by atoms with E-state index in [0.717, 1.165) is 6.42 Å². The summed E-state index contributed by atoms with van der Waals surface area (Å²) in [5.74, 6) is -0.223. The number of nitrogens with two attached hydrogens (primary N) is 1. The minimum absolute atomic E-state index is 0.0923. The zero-order chi connectivity index (χ0) is 16.3. The first-order chi connectivity index (χ1) is 10.4. The van der Waals surface area contributed by atoms with Gasteiger partial charge in [0.2, 0.25) is 10.0 Å². The molecule has 1 fully saturated rings. The first-order valence-electron chi connectivity index (χ1n) is 6.90. The van der Waals surface area contributed by atoms with Crippen molar-refractivity contribution in [3.63, 3.8) is 0 Å². The van der Waals surface area contributed by atoms with Crippen LogP contribution in [-0.2, 0) is 14.8 Å². The molecule has 0 amide bonds. The van der Waals surface area contributed by atoms with Gasteiger partial charge in [0.25, 0.3) is 0 Å². The van der Waals surface area contributed by atoms with E-state index in [9.17, 15) is 13.2 Å². The van der Waals surface area contributed by atoms with Gasteiger partial charge >= 0.3 is 5.97 Å². The smallest absolute Gasteiger partial charge is 0.341 e. The summed E-state index contributed by atoms with van der Waals surface area (Å²) < 4.78 is 36.4. The highest BCUT2D eigenvalue weighted by Crippen LogP contribution is 2.28. The second-order valence-corrected chi connectivity index (χ2v) is 7.05. The number of nitrogens with zero attached hydrogens (tertiary/aromatic N) is 1. The van der Waals surface area contributed by atoms with Crippen LogP contribution in [0.25, 0.3) is 0 Å². The van der Waals surface area contributed by atoms with Gasteiger partial charge in [0.1, 0.15) is 11.3 Å². The van der Waals surface area contributed by atoms with E-state index in [1.165, 1.54) is 36.7 Å². The monoisotopic (exact) mass is 328 g/mol. The van der Waals surface area contributed by atoms with Crippen LogP contribution in [0.15, 0.2) is 23.1 Å². The molecule has 1 unspecified atom stereocenters. The SMILES string of the molecule is COC(=O)c1ccc(S(=O)(=O)N2CCC(CN)C2)cc1OC. The van der Waals surface area contributed by atoms with Crippen LogP contribution in [0, 0.1) is 5.92 Å². The number of rotatable bonds is 5. The molecule has 1 aromatic rings. The molecular formula is C14H20N2O5S. The number of benzene rings is 1. The van der Waals surface area contributed by atoms with Crippen LogP contribution >= 0.6 is 0 Å². The maximum atomic E-state index is 12.6. The summed E-state index contributed by atoms with van der Waals surface area (Å²) in [5.41, 5.74) is 5.78. The van der Waals surface area contributed by atoms with Crippen molar-refractivity contribution >= 4 is 16.0 Å². The largest absolute Gasteiger partial charge is 0.496 e. The highest BCUT2D eigenvalue weighted by atomic mass is 32.2. The number of carbonyl (C=O) groups excluding carboxylic acids is 1. The third-order valence-electron chi connectivity index (χ3n) is 3.80. The molecule has 0 saturated carbocycles. The van der Waals surface area contributed by atoms with Crippen molar-refractivity contribution in [1.82, 2.24) is 4.31 Å². The molecular weight excluding hydrogens is 308 g/mol. The summed E-state index contributed by atoms with van der Waals surface area (Å²) in [5, 5.41) is 0. The molecule has 0 bridgehead atoms. The van der Waals surface area contributed by atoms with E-state index in [1.807, 2.05) is 0 Å². The van der Waals surface area contributed by atoms with Gasteiger partial charge in [-0.2, -0.15) is 4.31 Å². The number of hydrogen-bond acceptors (Lipinski definition) is 6. The van der Waals surface area contributed by atoms with Gasteiger partial charge in [0, 0.05) is 19.2 Å². The van der Waals surface area contributed by atoms with Crippen molar-refractivity contribution in [3.05, 3.63) is 23.8 Å². The summed E-state index contributed by atoms with van der Waals surface area (Å²) >= 11 is 0. The van der Waals surface area contributed by atoms with Crippen LogP contribution in [0.4, 0.5) is 0 Å². The van der Waals surface area contributed by atoms with Gasteiger partial charge in [-0.3, -0.25) is 0 Å². The van der Waals surface area contributed by atoms with Crippen molar-refractivity contribution in [2.45, 2.75) is 11.3 Å². The number of hydrogen-bond donors (Lipinski definition) is 1. The van der Waals surface area contributed by atoms with Crippen LogP contribution in [0.5, 0.6) is 5.75 Å². The molecule has 1 saturated heterocycles. The van der Waals surface area contributed by atoms with E-state index in [2.05, 4.69) is 4.74 Å². The molecule has 22 heavy (non-hydrogen) atoms. The van der Waals surface area contributed by atoms with Crippen molar-refractivity contribution in [2.24, 2.45) is 11.7 Å². The topological polar surface area (TPSA) is 98.9 Å². The Hall–Kier alpha value is -1.64. The Kier molecular flexibility index (Phi) is 5.05. The Labute approximate surface area is 130 Å². The normalized spacial score (nSPS) is 19.1. The molecule has 8 heteroatoms. The van der Waals surface area contributed by atoms with Gasteiger partial charge in [-0.15, -0.1) is 0 Å². The van der Waals surface area contributed by atoms with E-state index >= 15 is 0 Å². The van der Waals surface area contributed by atoms with E-state index in [-0.39, 0.29) is 22.1 Å². The fourth-order valence-electron chi connectivity index (χ4n) is 2.47. The number of sulfonamides is 1. The molecule has 7 nitrogen and oxygen atoms in total. The van der Waals surface area contributed by atoms with Gasteiger partial charge in [0.05, 0.1) is 19.1 Å². The lowest BCUT2D eigenvalue weighted by Crippen LogP contribution is -2.30. The van der Waals surface area contributed by atoms with Crippen molar-refractivity contribution in [3.8, 4) is 5.75 Å². The number of methoxy groups -OCH3 is 2. The van der Waals surface area contributed by atoms with E-state index in [0.29, 0.717) is 19.6 Å². The van der Waals surface area contributed by atoms with Crippen LogP contribution in [0.3, 0.4) is 0 Å². The molecule has 2 N–H and O–H groups in total. The maximum Gasteiger partial charge on any atom is 0.341 e. The maximum absolute atomic E-state index is 12.6. The molecule has 0 spiro atoms. The zero-order valence-corrected chi connectivity index (χ0v) is 13.4. The van der Waals surface area contributed by atoms with Crippen LogP contribution in [-0.4, -0.2) is 52.5 Å². The molecule has 122 valence electrons. The second-order valence-electron chi connectivity index (χ2n) is 5.11. The van der Waals surface area contributed by atoms with Gasteiger partial charge < -0.3 is 15.2 Å². The fourth-order valence-corrected chi connectivity index (χ4v) is 4.01. The summed E-state index contributed by atoms with van der Waals surface area (Å²) in [6.07, 6.45) is 0.757. The summed E-state index contributed by atoms with van der Waals surface area (Å²) in [6, 6.07) is 4.13.